The lowest BCUT2D eigenvalue weighted by atomic mass is 10.2. The van der Waals surface area contributed by atoms with Gasteiger partial charge in [0.05, 0.1) is 23.9 Å². The standard InChI is InChI=1S/C15H21N5S/c1-4-6-17-14-12-5-7-21-15(12)19-13(18-14)10-20(3)9-11(2)8-16/h5,7,11H,4,6,9-10H2,1-3H3,(H,17,18,19). The minimum atomic E-state index is 0.0122. The molecule has 0 amide bonds. The minimum Gasteiger partial charge on any atom is -0.369 e. The van der Waals surface area contributed by atoms with Crippen molar-refractivity contribution < 1.29 is 0 Å². The van der Waals surface area contributed by atoms with E-state index in [0.29, 0.717) is 6.54 Å². The number of nitrogens with zero attached hydrogens (tertiary/aromatic N) is 4. The van der Waals surface area contributed by atoms with E-state index in [2.05, 4.69) is 39.2 Å². The first-order valence-electron chi connectivity index (χ1n) is 7.20. The van der Waals surface area contributed by atoms with E-state index in [4.69, 9.17) is 5.26 Å². The summed E-state index contributed by atoms with van der Waals surface area (Å²) in [7, 11) is 2.00. The normalized spacial score (nSPS) is 12.5. The second-order valence-corrected chi connectivity index (χ2v) is 6.18. The lowest BCUT2D eigenvalue weighted by molar-refractivity contribution is 0.296. The van der Waals surface area contributed by atoms with Gasteiger partial charge in [0.15, 0.2) is 0 Å². The highest BCUT2D eigenvalue weighted by atomic mass is 32.1. The first kappa shape index (κ1) is 15.7. The topological polar surface area (TPSA) is 64.8 Å². The smallest absolute Gasteiger partial charge is 0.146 e. The van der Waals surface area contributed by atoms with Gasteiger partial charge in [0, 0.05) is 13.1 Å². The molecule has 0 aromatic carbocycles. The van der Waals surface area contributed by atoms with Gasteiger partial charge in [-0.3, -0.25) is 4.90 Å². The highest BCUT2D eigenvalue weighted by Gasteiger charge is 2.12. The highest BCUT2D eigenvalue weighted by molar-refractivity contribution is 7.16. The van der Waals surface area contributed by atoms with Gasteiger partial charge in [-0.15, -0.1) is 11.3 Å². The summed E-state index contributed by atoms with van der Waals surface area (Å²) in [5.41, 5.74) is 0. The van der Waals surface area contributed by atoms with Crippen molar-refractivity contribution in [3.63, 3.8) is 0 Å². The summed E-state index contributed by atoms with van der Waals surface area (Å²) in [5, 5.41) is 15.4. The number of nitrogens with one attached hydrogen (secondary N) is 1. The first-order chi connectivity index (χ1) is 10.1. The molecule has 1 atom stereocenters. The first-order valence-corrected chi connectivity index (χ1v) is 8.08. The van der Waals surface area contributed by atoms with Crippen LogP contribution in [0.15, 0.2) is 11.4 Å². The number of hydrogen-bond acceptors (Lipinski definition) is 6. The number of fused-ring (bicyclic) bond motifs is 1. The number of rotatable bonds is 7. The van der Waals surface area contributed by atoms with Gasteiger partial charge in [-0.25, -0.2) is 9.97 Å². The van der Waals surface area contributed by atoms with E-state index in [1.807, 2.05) is 19.4 Å². The largest absolute Gasteiger partial charge is 0.369 e. The molecule has 2 rings (SSSR count). The molecule has 1 N–H and O–H groups in total. The van der Waals surface area contributed by atoms with E-state index in [1.54, 1.807) is 11.3 Å². The van der Waals surface area contributed by atoms with Crippen LogP contribution in [0.25, 0.3) is 10.2 Å². The maximum atomic E-state index is 8.89. The third-order valence-electron chi connectivity index (χ3n) is 3.13. The predicted molar refractivity (Wildman–Crippen MR) is 87.3 cm³/mol. The van der Waals surface area contributed by atoms with Crippen molar-refractivity contribution in [1.82, 2.24) is 14.9 Å². The lowest BCUT2D eigenvalue weighted by Gasteiger charge is -2.17. The van der Waals surface area contributed by atoms with Crippen molar-refractivity contribution in [1.29, 1.82) is 5.26 Å². The number of thiophene rings is 1. The van der Waals surface area contributed by atoms with Gasteiger partial charge in [0.2, 0.25) is 0 Å². The van der Waals surface area contributed by atoms with Gasteiger partial charge in [0.1, 0.15) is 16.5 Å². The van der Waals surface area contributed by atoms with Crippen LogP contribution in [0.3, 0.4) is 0 Å². The molecule has 5 nitrogen and oxygen atoms in total. The predicted octanol–water partition coefficient (Wildman–Crippen LogP) is 3.10. The molecule has 2 heterocycles. The Balaban J connectivity index is 2.18. The molecule has 0 saturated heterocycles. The van der Waals surface area contributed by atoms with Crippen LogP contribution in [0.1, 0.15) is 26.1 Å². The van der Waals surface area contributed by atoms with E-state index in [0.717, 1.165) is 41.4 Å². The molecule has 0 spiro atoms. The molecule has 2 aromatic rings. The van der Waals surface area contributed by atoms with Gasteiger partial charge < -0.3 is 5.32 Å². The second-order valence-electron chi connectivity index (χ2n) is 5.28. The van der Waals surface area contributed by atoms with Gasteiger partial charge in [-0.2, -0.15) is 5.26 Å². The van der Waals surface area contributed by atoms with Crippen LogP contribution in [0.4, 0.5) is 5.82 Å². The number of hydrogen-bond donors (Lipinski definition) is 1. The van der Waals surface area contributed by atoms with Crippen molar-refractivity contribution in [3.05, 3.63) is 17.3 Å². The fourth-order valence-electron chi connectivity index (χ4n) is 2.16. The fraction of sp³-hybridized carbons (Fsp3) is 0.533. The van der Waals surface area contributed by atoms with E-state index >= 15 is 0 Å². The maximum absolute atomic E-state index is 8.89. The van der Waals surface area contributed by atoms with Crippen molar-refractivity contribution >= 4 is 27.4 Å². The monoisotopic (exact) mass is 303 g/mol. The Labute approximate surface area is 129 Å². The summed E-state index contributed by atoms with van der Waals surface area (Å²) in [6, 6.07) is 4.31. The third-order valence-corrected chi connectivity index (χ3v) is 3.94. The van der Waals surface area contributed by atoms with E-state index in [-0.39, 0.29) is 5.92 Å². The molecular weight excluding hydrogens is 282 g/mol. The average Bonchev–Trinajstić information content (AvgIpc) is 2.92. The summed E-state index contributed by atoms with van der Waals surface area (Å²) in [4.78, 5) is 12.4. The van der Waals surface area contributed by atoms with Crippen LogP contribution in [0.2, 0.25) is 0 Å². The SMILES string of the molecule is CCCNc1nc(CN(C)CC(C)C#N)nc2sccc12. The van der Waals surface area contributed by atoms with Crippen molar-refractivity contribution in [2.24, 2.45) is 5.92 Å². The van der Waals surface area contributed by atoms with Gasteiger partial charge in [-0.1, -0.05) is 6.92 Å². The average molecular weight is 303 g/mol. The minimum absolute atomic E-state index is 0.0122. The summed E-state index contributed by atoms with van der Waals surface area (Å²) in [6.45, 7) is 6.34. The molecule has 0 bridgehead atoms. The maximum Gasteiger partial charge on any atom is 0.146 e. The van der Waals surface area contributed by atoms with Gasteiger partial charge >= 0.3 is 0 Å². The molecule has 1 unspecified atom stereocenters. The molecule has 2 aromatic heterocycles. The Morgan fingerprint density at radius 1 is 1.48 bits per heavy atom. The third kappa shape index (κ3) is 4.13. The Kier molecular flexibility index (Phi) is 5.48. The quantitative estimate of drug-likeness (QED) is 0.851. The highest BCUT2D eigenvalue weighted by Crippen LogP contribution is 2.25. The van der Waals surface area contributed by atoms with Gasteiger partial charge in [-0.05, 0) is 31.8 Å². The molecule has 0 aliphatic carbocycles. The number of aromatic nitrogens is 2. The second kappa shape index (κ2) is 7.34. The summed E-state index contributed by atoms with van der Waals surface area (Å²) < 4.78 is 0. The molecular formula is C15H21N5S. The van der Waals surface area contributed by atoms with E-state index < -0.39 is 0 Å². The summed E-state index contributed by atoms with van der Waals surface area (Å²) >= 11 is 1.63. The molecule has 0 saturated carbocycles. The molecule has 0 fully saturated rings. The van der Waals surface area contributed by atoms with Crippen LogP contribution in [-0.4, -0.2) is 35.0 Å². The van der Waals surface area contributed by atoms with Crippen LogP contribution < -0.4 is 5.32 Å². The molecule has 0 aliphatic heterocycles. The molecule has 21 heavy (non-hydrogen) atoms. The van der Waals surface area contributed by atoms with Gasteiger partial charge in [0.25, 0.3) is 0 Å². The van der Waals surface area contributed by atoms with Crippen molar-refractivity contribution in [2.75, 3.05) is 25.5 Å². The van der Waals surface area contributed by atoms with Crippen LogP contribution in [-0.2, 0) is 6.54 Å². The lowest BCUT2D eigenvalue weighted by Crippen LogP contribution is -2.24. The zero-order valence-electron chi connectivity index (χ0n) is 12.8. The molecule has 0 aliphatic rings. The fourth-order valence-corrected chi connectivity index (χ4v) is 2.95. The van der Waals surface area contributed by atoms with Crippen LogP contribution >= 0.6 is 11.3 Å². The Morgan fingerprint density at radius 2 is 2.29 bits per heavy atom. The Bertz CT molecular complexity index is 631. The molecule has 6 heteroatoms. The van der Waals surface area contributed by atoms with Crippen molar-refractivity contribution in [3.8, 4) is 6.07 Å². The van der Waals surface area contributed by atoms with Crippen LogP contribution in [0.5, 0.6) is 0 Å². The van der Waals surface area contributed by atoms with E-state index in [9.17, 15) is 0 Å². The number of nitriles is 1. The zero-order chi connectivity index (χ0) is 15.2. The van der Waals surface area contributed by atoms with Crippen LogP contribution in [0, 0.1) is 17.2 Å². The molecule has 112 valence electrons. The summed E-state index contributed by atoms with van der Waals surface area (Å²) in [6.07, 6.45) is 1.06. The Hall–Kier alpha value is -1.71. The zero-order valence-corrected chi connectivity index (χ0v) is 13.6. The molecule has 0 radical (unpaired) electrons. The summed E-state index contributed by atoms with van der Waals surface area (Å²) in [5.74, 6) is 1.73. The Morgan fingerprint density at radius 3 is 3.00 bits per heavy atom. The number of anilines is 1. The van der Waals surface area contributed by atoms with E-state index in [1.165, 1.54) is 0 Å². The van der Waals surface area contributed by atoms with Crippen molar-refractivity contribution in [2.45, 2.75) is 26.8 Å².